The SMILES string of the molecule is CCc1nncn1CCNC(=NCCc1ccccc1)NC1CCS(=O)(=O)C1. The van der Waals surface area contributed by atoms with Gasteiger partial charge in [-0.2, -0.15) is 0 Å². The quantitative estimate of drug-likeness (QED) is 0.499. The van der Waals surface area contributed by atoms with Crippen LogP contribution in [0, 0.1) is 0 Å². The van der Waals surface area contributed by atoms with Gasteiger partial charge in [0.2, 0.25) is 0 Å². The number of aromatic nitrogens is 3. The third kappa shape index (κ3) is 6.05. The van der Waals surface area contributed by atoms with Gasteiger partial charge in [0.05, 0.1) is 11.5 Å². The number of sulfone groups is 1. The second-order valence-corrected chi connectivity index (χ2v) is 9.16. The fraction of sp³-hybridized carbons (Fsp3) is 0.526. The van der Waals surface area contributed by atoms with Gasteiger partial charge in [-0.3, -0.25) is 4.99 Å². The average molecular weight is 405 g/mol. The van der Waals surface area contributed by atoms with Crippen molar-refractivity contribution in [3.63, 3.8) is 0 Å². The van der Waals surface area contributed by atoms with Crippen LogP contribution in [0.15, 0.2) is 41.7 Å². The Labute approximate surface area is 166 Å². The minimum atomic E-state index is -2.94. The van der Waals surface area contributed by atoms with Crippen LogP contribution < -0.4 is 10.6 Å². The highest BCUT2D eigenvalue weighted by Gasteiger charge is 2.28. The van der Waals surface area contributed by atoms with Gasteiger partial charge in [0, 0.05) is 32.1 Å². The molecule has 1 saturated heterocycles. The number of rotatable bonds is 8. The van der Waals surface area contributed by atoms with Gasteiger partial charge in [0.1, 0.15) is 12.2 Å². The van der Waals surface area contributed by atoms with E-state index in [-0.39, 0.29) is 17.5 Å². The molecule has 2 aromatic rings. The monoisotopic (exact) mass is 404 g/mol. The van der Waals surface area contributed by atoms with E-state index >= 15 is 0 Å². The summed E-state index contributed by atoms with van der Waals surface area (Å²) in [6.07, 6.45) is 4.01. The van der Waals surface area contributed by atoms with E-state index < -0.39 is 9.84 Å². The van der Waals surface area contributed by atoms with Gasteiger partial charge in [-0.25, -0.2) is 8.42 Å². The highest BCUT2D eigenvalue weighted by molar-refractivity contribution is 7.91. The lowest BCUT2D eigenvalue weighted by Crippen LogP contribution is -2.45. The smallest absolute Gasteiger partial charge is 0.191 e. The summed E-state index contributed by atoms with van der Waals surface area (Å²) in [7, 11) is -2.94. The molecule has 0 bridgehead atoms. The molecule has 0 amide bonds. The molecule has 1 fully saturated rings. The molecule has 2 N–H and O–H groups in total. The van der Waals surface area contributed by atoms with Crippen LogP contribution in [0.5, 0.6) is 0 Å². The zero-order valence-corrected chi connectivity index (χ0v) is 17.0. The molecule has 8 nitrogen and oxygen atoms in total. The van der Waals surface area contributed by atoms with E-state index in [1.54, 1.807) is 6.33 Å². The Kier molecular flexibility index (Phi) is 7.02. The number of nitrogens with zero attached hydrogens (tertiary/aromatic N) is 4. The Morgan fingerprint density at radius 2 is 2.14 bits per heavy atom. The van der Waals surface area contributed by atoms with Gasteiger partial charge in [-0.15, -0.1) is 10.2 Å². The fourth-order valence-electron chi connectivity index (χ4n) is 3.23. The molecule has 3 rings (SSSR count). The molecule has 0 aliphatic carbocycles. The fourth-order valence-corrected chi connectivity index (χ4v) is 4.90. The maximum atomic E-state index is 11.7. The molecular formula is C19H28N6O2S. The zero-order chi connectivity index (χ0) is 19.8. The number of aryl methyl sites for hydroxylation is 1. The van der Waals surface area contributed by atoms with Gasteiger partial charge < -0.3 is 15.2 Å². The lowest BCUT2D eigenvalue weighted by molar-refractivity contribution is 0.597. The van der Waals surface area contributed by atoms with Crippen LogP contribution in [-0.4, -0.2) is 59.8 Å². The number of aliphatic imine (C=N–C) groups is 1. The summed E-state index contributed by atoms with van der Waals surface area (Å²) in [6.45, 7) is 4.05. The Morgan fingerprint density at radius 1 is 1.32 bits per heavy atom. The molecule has 0 radical (unpaired) electrons. The van der Waals surface area contributed by atoms with E-state index in [1.165, 1.54) is 5.56 Å². The molecular weight excluding hydrogens is 376 g/mol. The van der Waals surface area contributed by atoms with Crippen LogP contribution in [0.1, 0.15) is 24.7 Å². The maximum absolute atomic E-state index is 11.7. The van der Waals surface area contributed by atoms with Crippen LogP contribution in [0.3, 0.4) is 0 Å². The molecule has 1 aliphatic heterocycles. The van der Waals surface area contributed by atoms with E-state index in [1.807, 2.05) is 29.7 Å². The second kappa shape index (κ2) is 9.68. The van der Waals surface area contributed by atoms with Crippen molar-refractivity contribution in [1.29, 1.82) is 0 Å². The lowest BCUT2D eigenvalue weighted by Gasteiger charge is -2.17. The van der Waals surface area contributed by atoms with Crippen molar-refractivity contribution >= 4 is 15.8 Å². The average Bonchev–Trinajstić information content (AvgIpc) is 3.28. The van der Waals surface area contributed by atoms with Crippen LogP contribution in [0.4, 0.5) is 0 Å². The summed E-state index contributed by atoms with van der Waals surface area (Å²) in [4.78, 5) is 4.65. The number of hydrogen-bond donors (Lipinski definition) is 2. The van der Waals surface area contributed by atoms with E-state index in [0.717, 1.165) is 25.2 Å². The summed E-state index contributed by atoms with van der Waals surface area (Å²) in [5.41, 5.74) is 1.23. The molecule has 1 aliphatic rings. The molecule has 152 valence electrons. The second-order valence-electron chi connectivity index (χ2n) is 6.93. The maximum Gasteiger partial charge on any atom is 0.191 e. The summed E-state index contributed by atoms with van der Waals surface area (Å²) >= 11 is 0. The number of nitrogens with one attached hydrogen (secondary N) is 2. The highest BCUT2D eigenvalue weighted by atomic mass is 32.2. The van der Waals surface area contributed by atoms with Gasteiger partial charge >= 0.3 is 0 Å². The molecule has 1 atom stereocenters. The van der Waals surface area contributed by atoms with Crippen molar-refractivity contribution in [2.24, 2.45) is 4.99 Å². The first-order chi connectivity index (χ1) is 13.6. The standard InChI is InChI=1S/C19H28N6O2S/c1-2-18-24-22-15-25(18)12-11-21-19(23-17-9-13-28(26,27)14-17)20-10-8-16-6-4-3-5-7-16/h3-7,15,17H,2,8-14H2,1H3,(H2,20,21,23). The lowest BCUT2D eigenvalue weighted by atomic mass is 10.2. The number of guanidine groups is 1. The molecule has 0 spiro atoms. The zero-order valence-electron chi connectivity index (χ0n) is 16.2. The minimum Gasteiger partial charge on any atom is -0.355 e. The Balaban J connectivity index is 1.57. The van der Waals surface area contributed by atoms with E-state index in [0.29, 0.717) is 25.5 Å². The van der Waals surface area contributed by atoms with Crippen molar-refractivity contribution in [2.75, 3.05) is 24.6 Å². The predicted molar refractivity (Wildman–Crippen MR) is 110 cm³/mol. The normalized spacial score (nSPS) is 18.9. The van der Waals surface area contributed by atoms with Crippen molar-refractivity contribution < 1.29 is 8.42 Å². The summed E-state index contributed by atoms with van der Waals surface area (Å²) in [6, 6.07) is 10.1. The van der Waals surface area contributed by atoms with Crippen molar-refractivity contribution in [3.8, 4) is 0 Å². The largest absolute Gasteiger partial charge is 0.355 e. The molecule has 1 unspecified atom stereocenters. The van der Waals surface area contributed by atoms with Gasteiger partial charge in [-0.05, 0) is 18.4 Å². The van der Waals surface area contributed by atoms with Crippen molar-refractivity contribution in [2.45, 2.75) is 38.8 Å². The van der Waals surface area contributed by atoms with Crippen molar-refractivity contribution in [1.82, 2.24) is 25.4 Å². The topological polar surface area (TPSA) is 101 Å². The molecule has 1 aromatic carbocycles. The first kappa shape index (κ1) is 20.3. The van der Waals surface area contributed by atoms with Crippen LogP contribution in [-0.2, 0) is 29.2 Å². The number of benzene rings is 1. The minimum absolute atomic E-state index is 0.0888. The first-order valence-electron chi connectivity index (χ1n) is 9.71. The first-order valence-corrected chi connectivity index (χ1v) is 11.5. The summed E-state index contributed by atoms with van der Waals surface area (Å²) in [5.74, 6) is 2.00. The number of hydrogen-bond acceptors (Lipinski definition) is 5. The predicted octanol–water partition coefficient (Wildman–Crippen LogP) is 0.806. The third-order valence-electron chi connectivity index (χ3n) is 4.74. The Hall–Kier alpha value is -2.42. The molecule has 1 aromatic heterocycles. The Bertz CT molecular complexity index is 879. The van der Waals surface area contributed by atoms with Crippen LogP contribution in [0.2, 0.25) is 0 Å². The van der Waals surface area contributed by atoms with Gasteiger partial charge in [0.15, 0.2) is 15.8 Å². The summed E-state index contributed by atoms with van der Waals surface area (Å²) in [5, 5.41) is 14.6. The van der Waals surface area contributed by atoms with Gasteiger partial charge in [-0.1, -0.05) is 37.3 Å². The molecule has 28 heavy (non-hydrogen) atoms. The third-order valence-corrected chi connectivity index (χ3v) is 6.51. The summed E-state index contributed by atoms with van der Waals surface area (Å²) < 4.78 is 25.5. The van der Waals surface area contributed by atoms with Crippen LogP contribution in [0.25, 0.3) is 0 Å². The van der Waals surface area contributed by atoms with E-state index in [2.05, 4.69) is 38.0 Å². The molecule has 0 saturated carbocycles. The Morgan fingerprint density at radius 3 is 2.86 bits per heavy atom. The highest BCUT2D eigenvalue weighted by Crippen LogP contribution is 2.11. The molecule has 9 heteroatoms. The molecule has 2 heterocycles. The van der Waals surface area contributed by atoms with Crippen LogP contribution >= 0.6 is 0 Å². The van der Waals surface area contributed by atoms with Gasteiger partial charge in [0.25, 0.3) is 0 Å². The van der Waals surface area contributed by atoms with Crippen molar-refractivity contribution in [3.05, 3.63) is 48.0 Å². The van der Waals surface area contributed by atoms with E-state index in [9.17, 15) is 8.42 Å². The van der Waals surface area contributed by atoms with E-state index in [4.69, 9.17) is 0 Å².